The van der Waals surface area contributed by atoms with Crippen LogP contribution in [0, 0.1) is 0 Å². The van der Waals surface area contributed by atoms with E-state index in [2.05, 4.69) is 11.6 Å². The van der Waals surface area contributed by atoms with Gasteiger partial charge in [-0.1, -0.05) is 6.58 Å². The molecule has 8 heteroatoms. The van der Waals surface area contributed by atoms with Crippen LogP contribution in [0.25, 0.3) is 11.2 Å². The van der Waals surface area contributed by atoms with Gasteiger partial charge >= 0.3 is 5.69 Å². The fourth-order valence-corrected chi connectivity index (χ4v) is 2.34. The van der Waals surface area contributed by atoms with Gasteiger partial charge in [-0.15, -0.1) is 0 Å². The Morgan fingerprint density at radius 3 is 2.90 bits per heavy atom. The summed E-state index contributed by atoms with van der Waals surface area (Å²) in [5.74, 6) is 0. The van der Waals surface area contributed by atoms with E-state index in [0.717, 1.165) is 4.57 Å². The number of nitrogens with zero attached hydrogens (tertiary/aromatic N) is 4. The highest BCUT2D eigenvalue weighted by Crippen LogP contribution is 2.25. The standard InChI is InChI=1S/C12H14N4O4/c1-4-19-6-7-5-16-8-9(13-11(16)20-7)14(2)12(18)15(3)10(8)17/h4,7H,1,5-6H2,2-3H3/t7-/m0/s1. The minimum atomic E-state index is -0.411. The summed E-state index contributed by atoms with van der Waals surface area (Å²) in [6.07, 6.45) is 1.12. The number of fused-ring (bicyclic) bond motifs is 3. The Hall–Kier alpha value is -2.51. The third kappa shape index (κ3) is 1.57. The lowest BCUT2D eigenvalue weighted by molar-refractivity contribution is 0.116. The summed E-state index contributed by atoms with van der Waals surface area (Å²) in [4.78, 5) is 28.3. The van der Waals surface area contributed by atoms with Crippen LogP contribution in [0.5, 0.6) is 6.01 Å². The average molecular weight is 278 g/mol. The van der Waals surface area contributed by atoms with Gasteiger partial charge in [0.2, 0.25) is 0 Å². The van der Waals surface area contributed by atoms with E-state index in [0.29, 0.717) is 30.3 Å². The molecule has 0 bridgehead atoms. The summed E-state index contributed by atoms with van der Waals surface area (Å²) in [5, 5.41) is 0. The number of rotatable bonds is 3. The quantitative estimate of drug-likeness (QED) is 0.697. The van der Waals surface area contributed by atoms with E-state index in [4.69, 9.17) is 9.47 Å². The Labute approximate surface area is 113 Å². The number of aryl methyl sites for hydroxylation is 1. The van der Waals surface area contributed by atoms with Crippen molar-refractivity contribution >= 4 is 11.2 Å². The van der Waals surface area contributed by atoms with Crippen molar-refractivity contribution in [2.24, 2.45) is 14.1 Å². The van der Waals surface area contributed by atoms with Gasteiger partial charge in [-0.05, 0) is 0 Å². The molecular formula is C12H14N4O4. The molecule has 0 aromatic carbocycles. The molecule has 0 spiro atoms. The summed E-state index contributed by atoms with van der Waals surface area (Å²) in [7, 11) is 3.02. The summed E-state index contributed by atoms with van der Waals surface area (Å²) in [6.45, 7) is 4.25. The Kier molecular flexibility index (Phi) is 2.66. The first-order chi connectivity index (χ1) is 9.54. The van der Waals surface area contributed by atoms with Crippen LogP contribution < -0.4 is 16.0 Å². The predicted molar refractivity (Wildman–Crippen MR) is 70.8 cm³/mol. The normalized spacial score (nSPS) is 17.0. The van der Waals surface area contributed by atoms with E-state index in [1.54, 1.807) is 11.6 Å². The van der Waals surface area contributed by atoms with Crippen molar-refractivity contribution in [3.63, 3.8) is 0 Å². The molecule has 3 heterocycles. The number of hydrogen-bond donors (Lipinski definition) is 0. The van der Waals surface area contributed by atoms with Crippen LogP contribution in [0.3, 0.4) is 0 Å². The van der Waals surface area contributed by atoms with Crippen LogP contribution in [0.2, 0.25) is 0 Å². The lowest BCUT2D eigenvalue weighted by atomic mass is 10.4. The first-order valence-electron chi connectivity index (χ1n) is 6.10. The fourth-order valence-electron chi connectivity index (χ4n) is 2.34. The maximum absolute atomic E-state index is 12.2. The maximum Gasteiger partial charge on any atom is 0.332 e. The van der Waals surface area contributed by atoms with Crippen molar-refractivity contribution in [1.29, 1.82) is 0 Å². The largest absolute Gasteiger partial charge is 0.498 e. The van der Waals surface area contributed by atoms with Crippen molar-refractivity contribution in [2.75, 3.05) is 6.61 Å². The smallest absolute Gasteiger partial charge is 0.332 e. The lowest BCUT2D eigenvalue weighted by Crippen LogP contribution is -2.37. The Balaban J connectivity index is 2.15. The average Bonchev–Trinajstić information content (AvgIpc) is 2.97. The molecule has 0 radical (unpaired) electrons. The number of ether oxygens (including phenoxy) is 2. The van der Waals surface area contributed by atoms with Gasteiger partial charge < -0.3 is 9.47 Å². The monoisotopic (exact) mass is 278 g/mol. The fraction of sp³-hybridized carbons (Fsp3) is 0.417. The Morgan fingerprint density at radius 2 is 2.20 bits per heavy atom. The van der Waals surface area contributed by atoms with E-state index in [1.807, 2.05) is 0 Å². The van der Waals surface area contributed by atoms with Crippen LogP contribution in [0.15, 0.2) is 22.4 Å². The molecule has 106 valence electrons. The number of aromatic nitrogens is 4. The second-order valence-corrected chi connectivity index (χ2v) is 4.62. The molecule has 20 heavy (non-hydrogen) atoms. The molecular weight excluding hydrogens is 264 g/mol. The first kappa shape index (κ1) is 12.5. The summed E-state index contributed by atoms with van der Waals surface area (Å²) >= 11 is 0. The molecule has 0 saturated heterocycles. The van der Waals surface area contributed by atoms with Crippen molar-refractivity contribution in [2.45, 2.75) is 12.6 Å². The summed E-state index contributed by atoms with van der Waals surface area (Å²) in [6, 6.07) is 0.330. The van der Waals surface area contributed by atoms with Gasteiger partial charge in [0.05, 0.1) is 12.8 Å². The highest BCUT2D eigenvalue weighted by Gasteiger charge is 2.29. The van der Waals surface area contributed by atoms with Gasteiger partial charge in [-0.25, -0.2) is 4.79 Å². The van der Waals surface area contributed by atoms with Crippen molar-refractivity contribution < 1.29 is 9.47 Å². The molecule has 0 aliphatic carbocycles. The third-order valence-electron chi connectivity index (χ3n) is 3.37. The Bertz CT molecular complexity index is 813. The second-order valence-electron chi connectivity index (χ2n) is 4.62. The maximum atomic E-state index is 12.2. The number of imidazole rings is 1. The van der Waals surface area contributed by atoms with Gasteiger partial charge in [0.15, 0.2) is 17.3 Å². The molecule has 2 aromatic rings. The molecule has 3 rings (SSSR count). The minimum absolute atomic E-state index is 0.221. The molecule has 0 unspecified atom stereocenters. The van der Waals surface area contributed by atoms with E-state index >= 15 is 0 Å². The van der Waals surface area contributed by atoms with Gasteiger partial charge in [0.1, 0.15) is 6.61 Å². The molecule has 0 fully saturated rings. The highest BCUT2D eigenvalue weighted by atomic mass is 16.5. The second kappa shape index (κ2) is 4.26. The topological polar surface area (TPSA) is 80.3 Å². The van der Waals surface area contributed by atoms with Crippen LogP contribution in [-0.4, -0.2) is 31.4 Å². The zero-order valence-electron chi connectivity index (χ0n) is 11.2. The van der Waals surface area contributed by atoms with Crippen molar-refractivity contribution in [3.8, 4) is 6.01 Å². The van der Waals surface area contributed by atoms with Gasteiger partial charge in [0.25, 0.3) is 11.6 Å². The SMILES string of the molecule is C=COC[C@@H]1Cn2c(nc3c2c(=O)n(C)c(=O)n3C)O1. The van der Waals surface area contributed by atoms with Gasteiger partial charge in [0, 0.05) is 14.1 Å². The minimum Gasteiger partial charge on any atom is -0.498 e. The van der Waals surface area contributed by atoms with Crippen LogP contribution in [-0.2, 0) is 25.4 Å². The molecule has 0 amide bonds. The highest BCUT2D eigenvalue weighted by molar-refractivity contribution is 5.72. The molecule has 0 N–H and O–H groups in total. The van der Waals surface area contributed by atoms with E-state index in [9.17, 15) is 9.59 Å². The van der Waals surface area contributed by atoms with E-state index in [-0.39, 0.29) is 11.7 Å². The number of hydrogen-bond acceptors (Lipinski definition) is 5. The van der Waals surface area contributed by atoms with Gasteiger partial charge in [-0.3, -0.25) is 18.5 Å². The summed E-state index contributed by atoms with van der Waals surface area (Å²) < 4.78 is 14.8. The molecule has 8 nitrogen and oxygen atoms in total. The lowest BCUT2D eigenvalue weighted by Gasteiger charge is -2.09. The Morgan fingerprint density at radius 1 is 1.45 bits per heavy atom. The molecule has 1 aliphatic heterocycles. The molecule has 1 atom stereocenters. The van der Waals surface area contributed by atoms with Crippen LogP contribution >= 0.6 is 0 Å². The predicted octanol–water partition coefficient (Wildman–Crippen LogP) is -0.645. The van der Waals surface area contributed by atoms with Crippen molar-refractivity contribution in [3.05, 3.63) is 33.7 Å². The van der Waals surface area contributed by atoms with Crippen molar-refractivity contribution in [1.82, 2.24) is 18.7 Å². The molecule has 2 aromatic heterocycles. The first-order valence-corrected chi connectivity index (χ1v) is 6.10. The zero-order chi connectivity index (χ0) is 14.4. The third-order valence-corrected chi connectivity index (χ3v) is 3.37. The summed E-state index contributed by atoms with van der Waals surface area (Å²) in [5.41, 5.74) is -0.0940. The van der Waals surface area contributed by atoms with E-state index < -0.39 is 5.69 Å². The van der Waals surface area contributed by atoms with Crippen LogP contribution in [0.4, 0.5) is 0 Å². The van der Waals surface area contributed by atoms with Crippen LogP contribution in [0.1, 0.15) is 0 Å². The van der Waals surface area contributed by atoms with E-state index in [1.165, 1.54) is 17.9 Å². The van der Waals surface area contributed by atoms with Gasteiger partial charge in [-0.2, -0.15) is 4.98 Å². The molecule has 0 saturated carbocycles. The zero-order valence-corrected chi connectivity index (χ0v) is 11.2. The molecule has 1 aliphatic rings.